The molecule has 3 aromatic rings. The Labute approximate surface area is 172 Å². The summed E-state index contributed by atoms with van der Waals surface area (Å²) in [5.41, 5.74) is 16.0. The quantitative estimate of drug-likeness (QED) is 0.643. The molecule has 1 amide bonds. The van der Waals surface area contributed by atoms with Crippen LogP contribution in [0.25, 0.3) is 26.9 Å². The van der Waals surface area contributed by atoms with Crippen LogP contribution in [0.4, 0.5) is 11.4 Å². The number of nitrogen functional groups attached to an aromatic ring is 1. The lowest BCUT2D eigenvalue weighted by atomic mass is 9.79. The molecule has 0 aliphatic heterocycles. The molecule has 3 aliphatic carbocycles. The predicted octanol–water partition coefficient (Wildman–Crippen LogP) is 4.16. The highest BCUT2D eigenvalue weighted by atomic mass is 35.5. The summed E-state index contributed by atoms with van der Waals surface area (Å²) in [5, 5.41) is 1.41. The largest absolute Gasteiger partial charge is 0.396 e. The lowest BCUT2D eigenvalue weighted by Gasteiger charge is -2.34. The summed E-state index contributed by atoms with van der Waals surface area (Å²) in [5.74, 6) is -0.170. The number of benzene rings is 1. The topological polar surface area (TPSA) is 91.3 Å². The number of hydrogen-bond acceptors (Lipinski definition) is 3. The van der Waals surface area contributed by atoms with E-state index in [9.17, 15) is 4.79 Å². The van der Waals surface area contributed by atoms with Crippen molar-refractivity contribution in [3.63, 3.8) is 0 Å². The van der Waals surface area contributed by atoms with Gasteiger partial charge in [0.25, 0.3) is 0 Å². The lowest BCUT2D eigenvalue weighted by molar-refractivity contribution is -0.127. The zero-order valence-corrected chi connectivity index (χ0v) is 16.5. The number of carbonyl (C=O) groups excluding carboxylic acids is 1. The van der Waals surface area contributed by atoms with Crippen LogP contribution in [0.2, 0.25) is 5.02 Å². The summed E-state index contributed by atoms with van der Waals surface area (Å²) in [4.78, 5) is 19.9. The SMILES string of the molecule is [C-]#[N+]c1cc2c(-c3cncc(N)c3Cl)cn(C34CC5(C(N)=O)CC53C4)c2cc1C. The van der Waals surface area contributed by atoms with Gasteiger partial charge in [-0.3, -0.25) is 9.78 Å². The van der Waals surface area contributed by atoms with Crippen molar-refractivity contribution in [1.29, 1.82) is 0 Å². The van der Waals surface area contributed by atoms with E-state index in [0.717, 1.165) is 46.9 Å². The molecule has 3 fully saturated rings. The van der Waals surface area contributed by atoms with Crippen LogP contribution in [0.1, 0.15) is 24.8 Å². The van der Waals surface area contributed by atoms with Gasteiger partial charge in [0, 0.05) is 34.5 Å². The highest BCUT2D eigenvalue weighted by molar-refractivity contribution is 6.36. The number of carbonyl (C=O) groups is 1. The maximum absolute atomic E-state index is 12.0. The Balaban J connectivity index is 1.61. The minimum absolute atomic E-state index is 0.0131. The van der Waals surface area contributed by atoms with Gasteiger partial charge in [0.05, 0.1) is 34.4 Å². The Kier molecular flexibility index (Phi) is 2.76. The zero-order valence-electron chi connectivity index (χ0n) is 15.8. The number of hydrogen-bond donors (Lipinski definition) is 2. The van der Waals surface area contributed by atoms with Gasteiger partial charge in [0.1, 0.15) is 0 Å². The Morgan fingerprint density at radius 3 is 2.72 bits per heavy atom. The maximum Gasteiger partial charge on any atom is 0.224 e. The number of aromatic nitrogens is 2. The van der Waals surface area contributed by atoms with Crippen molar-refractivity contribution in [2.75, 3.05) is 5.73 Å². The standard InChI is InChI=1S/C22H18ClN5O/c1-11-3-17-12(4-16(11)26-2)14(13-5-27-6-15(24)18(13)23)7-28(17)22-9-20(19(25)29)8-21(20,22)10-22/h3-7H,8-10,24H2,1H3,(H2,25,29). The summed E-state index contributed by atoms with van der Waals surface area (Å²) in [6, 6.07) is 3.98. The number of amides is 1. The molecule has 6 rings (SSSR count). The number of halogens is 1. The van der Waals surface area contributed by atoms with E-state index in [1.807, 2.05) is 13.0 Å². The molecule has 4 N–H and O–H groups in total. The van der Waals surface area contributed by atoms with Gasteiger partial charge in [-0.25, -0.2) is 4.85 Å². The van der Waals surface area contributed by atoms with Crippen LogP contribution < -0.4 is 11.5 Å². The first-order valence-corrected chi connectivity index (χ1v) is 9.91. The summed E-state index contributed by atoms with van der Waals surface area (Å²) in [6.45, 7) is 9.46. The van der Waals surface area contributed by atoms with E-state index in [0.29, 0.717) is 16.4 Å². The minimum Gasteiger partial charge on any atom is -0.396 e. The molecule has 29 heavy (non-hydrogen) atoms. The summed E-state index contributed by atoms with van der Waals surface area (Å²) in [7, 11) is 0. The van der Waals surface area contributed by atoms with Gasteiger partial charge in [0.2, 0.25) is 5.91 Å². The van der Waals surface area contributed by atoms with Crippen molar-refractivity contribution in [2.45, 2.75) is 31.7 Å². The number of nitrogens with two attached hydrogens (primary N) is 2. The van der Waals surface area contributed by atoms with Gasteiger partial charge in [-0.2, -0.15) is 0 Å². The van der Waals surface area contributed by atoms with E-state index in [2.05, 4.69) is 26.7 Å². The van der Waals surface area contributed by atoms with Crippen LogP contribution in [-0.4, -0.2) is 15.5 Å². The Morgan fingerprint density at radius 1 is 1.28 bits per heavy atom. The Morgan fingerprint density at radius 2 is 2.07 bits per heavy atom. The van der Waals surface area contributed by atoms with Crippen LogP contribution >= 0.6 is 11.6 Å². The van der Waals surface area contributed by atoms with Crippen molar-refractivity contribution in [3.8, 4) is 11.1 Å². The van der Waals surface area contributed by atoms with E-state index >= 15 is 0 Å². The summed E-state index contributed by atoms with van der Waals surface area (Å²) < 4.78 is 2.30. The van der Waals surface area contributed by atoms with Crippen molar-refractivity contribution >= 4 is 39.8 Å². The first-order chi connectivity index (χ1) is 13.8. The number of fused-ring (bicyclic) bond motifs is 1. The normalized spacial score (nSPS) is 30.8. The predicted molar refractivity (Wildman–Crippen MR) is 111 cm³/mol. The van der Waals surface area contributed by atoms with Gasteiger partial charge in [-0.15, -0.1) is 0 Å². The van der Waals surface area contributed by atoms with Crippen molar-refractivity contribution in [3.05, 3.63) is 52.7 Å². The third kappa shape index (κ3) is 1.66. The van der Waals surface area contributed by atoms with E-state index in [1.165, 1.54) is 6.20 Å². The van der Waals surface area contributed by atoms with E-state index < -0.39 is 0 Å². The van der Waals surface area contributed by atoms with E-state index in [1.54, 1.807) is 6.20 Å². The molecule has 3 aliphatic rings. The second-order valence-corrected chi connectivity index (χ2v) is 9.24. The maximum atomic E-state index is 12.0. The van der Waals surface area contributed by atoms with Crippen LogP contribution in [0.5, 0.6) is 0 Å². The summed E-state index contributed by atoms with van der Waals surface area (Å²) >= 11 is 6.52. The first kappa shape index (κ1) is 16.9. The molecular weight excluding hydrogens is 386 g/mol. The average Bonchev–Trinajstić information content (AvgIpc) is 3.35. The number of primary amides is 1. The van der Waals surface area contributed by atoms with Crippen LogP contribution in [0.3, 0.4) is 0 Å². The van der Waals surface area contributed by atoms with Crippen molar-refractivity contribution in [2.24, 2.45) is 16.6 Å². The number of rotatable bonds is 3. The fraction of sp³-hybridized carbons (Fsp3) is 0.318. The smallest absolute Gasteiger partial charge is 0.224 e. The second-order valence-electron chi connectivity index (χ2n) is 8.86. The second kappa shape index (κ2) is 4.74. The van der Waals surface area contributed by atoms with Crippen LogP contribution in [-0.2, 0) is 10.3 Å². The van der Waals surface area contributed by atoms with Crippen LogP contribution in [0, 0.1) is 24.3 Å². The highest BCUT2D eigenvalue weighted by Crippen LogP contribution is 2.99. The number of anilines is 1. The van der Waals surface area contributed by atoms with Crippen LogP contribution in [0.15, 0.2) is 30.7 Å². The third-order valence-electron chi connectivity index (χ3n) is 7.72. The molecule has 1 spiro atoms. The molecule has 0 radical (unpaired) electrons. The zero-order chi connectivity index (χ0) is 20.3. The minimum atomic E-state index is -0.314. The fourth-order valence-electron chi connectivity index (χ4n) is 6.14. The fourth-order valence-corrected chi connectivity index (χ4v) is 6.34. The first-order valence-electron chi connectivity index (χ1n) is 9.53. The van der Waals surface area contributed by atoms with E-state index in [-0.39, 0.29) is 22.3 Å². The monoisotopic (exact) mass is 403 g/mol. The molecule has 0 bridgehead atoms. The van der Waals surface area contributed by atoms with E-state index in [4.69, 9.17) is 29.6 Å². The van der Waals surface area contributed by atoms with Crippen molar-refractivity contribution < 1.29 is 4.79 Å². The van der Waals surface area contributed by atoms with Gasteiger partial charge in [-0.1, -0.05) is 11.6 Å². The molecule has 3 atom stereocenters. The molecule has 6 nitrogen and oxygen atoms in total. The molecule has 7 heteroatoms. The van der Waals surface area contributed by atoms with Crippen molar-refractivity contribution in [1.82, 2.24) is 9.55 Å². The molecule has 1 aromatic carbocycles. The number of pyridine rings is 1. The number of nitrogens with zero attached hydrogens (tertiary/aromatic N) is 3. The molecule has 0 saturated heterocycles. The number of aryl methyl sites for hydroxylation is 1. The van der Waals surface area contributed by atoms with Gasteiger partial charge < -0.3 is 16.0 Å². The third-order valence-corrected chi connectivity index (χ3v) is 8.14. The molecular formula is C22H18ClN5O. The molecule has 2 aromatic heterocycles. The van der Waals surface area contributed by atoms with Gasteiger partial charge in [-0.05, 0) is 49.3 Å². The molecule has 3 unspecified atom stereocenters. The Hall–Kier alpha value is -3.04. The highest BCUT2D eigenvalue weighted by Gasteiger charge is 2.99. The summed E-state index contributed by atoms with van der Waals surface area (Å²) in [6.07, 6.45) is 7.97. The molecule has 2 heterocycles. The Bertz CT molecular complexity index is 1340. The lowest BCUT2D eigenvalue weighted by Crippen LogP contribution is -2.42. The molecule has 3 saturated carbocycles. The molecule has 144 valence electrons. The average molecular weight is 404 g/mol. The van der Waals surface area contributed by atoms with Gasteiger partial charge >= 0.3 is 0 Å². The van der Waals surface area contributed by atoms with Gasteiger partial charge in [0.15, 0.2) is 5.69 Å².